The average Bonchev–Trinajstić information content (AvgIpc) is 2.61. The Bertz CT molecular complexity index is 235. The molecule has 1 saturated heterocycles. The van der Waals surface area contributed by atoms with Crippen LogP contribution in [-0.4, -0.2) is 36.7 Å². The Labute approximate surface area is 98.1 Å². The van der Waals surface area contributed by atoms with Gasteiger partial charge in [-0.1, -0.05) is 0 Å². The summed E-state index contributed by atoms with van der Waals surface area (Å²) in [5.41, 5.74) is -0.0909. The van der Waals surface area contributed by atoms with Gasteiger partial charge in [0.1, 0.15) is 0 Å². The topological polar surface area (TPSA) is 50.4 Å². The van der Waals surface area contributed by atoms with Crippen molar-refractivity contribution in [1.82, 2.24) is 10.6 Å². The molecular weight excluding hydrogens is 204 g/mol. The number of ether oxygens (including phenoxy) is 1. The molecule has 0 saturated carbocycles. The normalized spacial score (nSPS) is 27.1. The molecular formula is C12H24N2O2. The molecule has 0 radical (unpaired) electrons. The fourth-order valence-electron chi connectivity index (χ4n) is 1.85. The molecule has 16 heavy (non-hydrogen) atoms. The summed E-state index contributed by atoms with van der Waals surface area (Å²) in [5, 5.41) is 6.12. The van der Waals surface area contributed by atoms with Gasteiger partial charge in [-0.2, -0.15) is 0 Å². The molecule has 1 heterocycles. The van der Waals surface area contributed by atoms with Gasteiger partial charge in [0.25, 0.3) is 0 Å². The van der Waals surface area contributed by atoms with Crippen LogP contribution in [0.1, 0.15) is 40.5 Å². The zero-order valence-corrected chi connectivity index (χ0v) is 10.8. The standard InChI is InChI=1S/C12H24N2O2/c1-9(2)14-11(15)10(3)13-8-12(4)6-5-7-16-12/h9-10,13H,5-8H2,1-4H3,(H,14,15). The van der Waals surface area contributed by atoms with E-state index in [0.29, 0.717) is 0 Å². The number of rotatable bonds is 5. The molecule has 0 bridgehead atoms. The molecule has 0 aromatic heterocycles. The molecule has 1 aliphatic heterocycles. The van der Waals surface area contributed by atoms with Crippen LogP contribution in [0.4, 0.5) is 0 Å². The second kappa shape index (κ2) is 5.64. The van der Waals surface area contributed by atoms with Crippen molar-refractivity contribution in [2.45, 2.75) is 58.2 Å². The van der Waals surface area contributed by atoms with Crippen molar-refractivity contribution in [2.75, 3.05) is 13.2 Å². The van der Waals surface area contributed by atoms with E-state index in [4.69, 9.17) is 4.74 Å². The summed E-state index contributed by atoms with van der Waals surface area (Å²) in [6.07, 6.45) is 2.18. The molecule has 1 amide bonds. The largest absolute Gasteiger partial charge is 0.374 e. The first-order chi connectivity index (χ1) is 7.43. The molecule has 0 spiro atoms. The van der Waals surface area contributed by atoms with Gasteiger partial charge >= 0.3 is 0 Å². The summed E-state index contributed by atoms with van der Waals surface area (Å²) < 4.78 is 5.66. The minimum absolute atomic E-state index is 0.0524. The number of hydrogen-bond donors (Lipinski definition) is 2. The summed E-state index contributed by atoms with van der Waals surface area (Å²) in [7, 11) is 0. The maximum absolute atomic E-state index is 11.6. The second-order valence-electron chi connectivity index (χ2n) is 5.17. The van der Waals surface area contributed by atoms with E-state index in [9.17, 15) is 4.79 Å². The number of nitrogens with one attached hydrogen (secondary N) is 2. The maximum atomic E-state index is 11.6. The lowest BCUT2D eigenvalue weighted by atomic mass is 10.0. The molecule has 0 aromatic rings. The van der Waals surface area contributed by atoms with E-state index >= 15 is 0 Å². The van der Waals surface area contributed by atoms with E-state index in [1.807, 2.05) is 20.8 Å². The molecule has 4 heteroatoms. The van der Waals surface area contributed by atoms with Crippen LogP contribution in [0.15, 0.2) is 0 Å². The van der Waals surface area contributed by atoms with Crippen molar-refractivity contribution in [1.29, 1.82) is 0 Å². The van der Waals surface area contributed by atoms with Crippen molar-refractivity contribution in [3.8, 4) is 0 Å². The molecule has 2 atom stereocenters. The van der Waals surface area contributed by atoms with E-state index in [-0.39, 0.29) is 23.6 Å². The van der Waals surface area contributed by atoms with Crippen molar-refractivity contribution >= 4 is 5.91 Å². The Kier molecular flexibility index (Phi) is 4.74. The zero-order chi connectivity index (χ0) is 12.2. The predicted octanol–water partition coefficient (Wildman–Crippen LogP) is 1.06. The van der Waals surface area contributed by atoms with Crippen LogP contribution < -0.4 is 10.6 Å². The summed E-state index contributed by atoms with van der Waals surface area (Å²) in [6.45, 7) is 9.48. The summed E-state index contributed by atoms with van der Waals surface area (Å²) >= 11 is 0. The van der Waals surface area contributed by atoms with Crippen molar-refractivity contribution in [3.05, 3.63) is 0 Å². The summed E-state index contributed by atoms with van der Waals surface area (Å²) in [6, 6.07) is 0.0264. The summed E-state index contributed by atoms with van der Waals surface area (Å²) in [5.74, 6) is 0.0524. The van der Waals surface area contributed by atoms with E-state index in [2.05, 4.69) is 17.6 Å². The van der Waals surface area contributed by atoms with Crippen molar-refractivity contribution < 1.29 is 9.53 Å². The predicted molar refractivity (Wildman–Crippen MR) is 64.3 cm³/mol. The first-order valence-corrected chi connectivity index (χ1v) is 6.11. The van der Waals surface area contributed by atoms with Gasteiger partial charge in [0.05, 0.1) is 11.6 Å². The first kappa shape index (κ1) is 13.5. The highest BCUT2D eigenvalue weighted by atomic mass is 16.5. The average molecular weight is 228 g/mol. The minimum Gasteiger partial charge on any atom is -0.374 e. The Hall–Kier alpha value is -0.610. The zero-order valence-electron chi connectivity index (χ0n) is 10.8. The van der Waals surface area contributed by atoms with Gasteiger partial charge in [-0.25, -0.2) is 0 Å². The fourth-order valence-corrected chi connectivity index (χ4v) is 1.85. The highest BCUT2D eigenvalue weighted by Crippen LogP contribution is 2.23. The van der Waals surface area contributed by atoms with Gasteiger partial charge in [0, 0.05) is 19.2 Å². The maximum Gasteiger partial charge on any atom is 0.237 e. The number of carbonyl (C=O) groups excluding carboxylic acids is 1. The van der Waals surface area contributed by atoms with Crippen LogP contribution in [0.3, 0.4) is 0 Å². The van der Waals surface area contributed by atoms with Crippen LogP contribution in [0.25, 0.3) is 0 Å². The lowest BCUT2D eigenvalue weighted by molar-refractivity contribution is -0.123. The Morgan fingerprint density at radius 2 is 2.12 bits per heavy atom. The highest BCUT2D eigenvalue weighted by Gasteiger charge is 2.30. The molecule has 0 aromatic carbocycles. The molecule has 1 fully saturated rings. The smallest absolute Gasteiger partial charge is 0.237 e. The molecule has 2 unspecified atom stereocenters. The van der Waals surface area contributed by atoms with E-state index in [1.54, 1.807) is 0 Å². The lowest BCUT2D eigenvalue weighted by Gasteiger charge is -2.26. The quantitative estimate of drug-likeness (QED) is 0.739. The van der Waals surface area contributed by atoms with Gasteiger partial charge in [-0.3, -0.25) is 4.79 Å². The molecule has 1 rings (SSSR count). The molecule has 4 nitrogen and oxygen atoms in total. The molecule has 2 N–H and O–H groups in total. The lowest BCUT2D eigenvalue weighted by Crippen LogP contribution is -2.49. The van der Waals surface area contributed by atoms with Gasteiger partial charge in [0.15, 0.2) is 0 Å². The van der Waals surface area contributed by atoms with Crippen molar-refractivity contribution in [2.24, 2.45) is 0 Å². The third-order valence-electron chi connectivity index (χ3n) is 2.91. The third-order valence-corrected chi connectivity index (χ3v) is 2.91. The number of amides is 1. The Morgan fingerprint density at radius 3 is 2.62 bits per heavy atom. The van der Waals surface area contributed by atoms with Crippen LogP contribution in [0.5, 0.6) is 0 Å². The van der Waals surface area contributed by atoms with E-state index in [0.717, 1.165) is 26.0 Å². The highest BCUT2D eigenvalue weighted by molar-refractivity contribution is 5.81. The van der Waals surface area contributed by atoms with E-state index < -0.39 is 0 Å². The fraction of sp³-hybridized carbons (Fsp3) is 0.917. The first-order valence-electron chi connectivity index (χ1n) is 6.11. The van der Waals surface area contributed by atoms with Gasteiger partial charge in [-0.05, 0) is 40.5 Å². The van der Waals surface area contributed by atoms with Gasteiger partial charge in [-0.15, -0.1) is 0 Å². The molecule has 1 aliphatic rings. The molecule has 94 valence electrons. The summed E-state index contributed by atoms with van der Waals surface area (Å²) in [4.78, 5) is 11.6. The monoisotopic (exact) mass is 228 g/mol. The third kappa shape index (κ3) is 4.10. The van der Waals surface area contributed by atoms with Crippen LogP contribution >= 0.6 is 0 Å². The van der Waals surface area contributed by atoms with Crippen LogP contribution in [-0.2, 0) is 9.53 Å². The minimum atomic E-state index is -0.163. The number of hydrogen-bond acceptors (Lipinski definition) is 3. The van der Waals surface area contributed by atoms with Gasteiger partial charge in [0.2, 0.25) is 5.91 Å². The van der Waals surface area contributed by atoms with Crippen LogP contribution in [0, 0.1) is 0 Å². The second-order valence-corrected chi connectivity index (χ2v) is 5.17. The molecule has 0 aliphatic carbocycles. The van der Waals surface area contributed by atoms with Crippen molar-refractivity contribution in [3.63, 3.8) is 0 Å². The Morgan fingerprint density at radius 1 is 1.44 bits per heavy atom. The van der Waals surface area contributed by atoms with Gasteiger partial charge < -0.3 is 15.4 Å². The van der Waals surface area contributed by atoms with Crippen LogP contribution in [0.2, 0.25) is 0 Å². The Balaban J connectivity index is 2.28. The number of carbonyl (C=O) groups is 1. The van der Waals surface area contributed by atoms with E-state index in [1.165, 1.54) is 0 Å². The SMILES string of the molecule is CC(C)NC(=O)C(C)NCC1(C)CCCO1.